The third kappa shape index (κ3) is 3.45. The number of nitrogens with zero attached hydrogens (tertiary/aromatic N) is 1. The molecule has 0 bridgehead atoms. The molecule has 8 heteroatoms. The van der Waals surface area contributed by atoms with E-state index < -0.39 is 9.84 Å². The molecule has 2 aromatic rings. The molecule has 2 heterocycles. The molecule has 1 aromatic carbocycles. The SMILES string of the molecule is CN(C(=O)c1ccc(-c2cc(Cl)ccc2Cl)o1)[C@@H]1CCS(=O)(=O)C1. The highest BCUT2D eigenvalue weighted by Crippen LogP contribution is 2.32. The number of rotatable bonds is 3. The fourth-order valence-corrected chi connectivity index (χ4v) is 4.86. The molecule has 0 saturated carbocycles. The summed E-state index contributed by atoms with van der Waals surface area (Å²) in [5, 5.41) is 0.968. The molecular formula is C16H15Cl2NO4S. The van der Waals surface area contributed by atoms with Crippen LogP contribution in [0, 0.1) is 0 Å². The van der Waals surface area contributed by atoms with E-state index in [4.69, 9.17) is 27.6 Å². The predicted octanol–water partition coefficient (Wildman–Crippen LogP) is 3.51. The summed E-state index contributed by atoms with van der Waals surface area (Å²) in [6.07, 6.45) is 0.443. The summed E-state index contributed by atoms with van der Waals surface area (Å²) in [6, 6.07) is 7.84. The smallest absolute Gasteiger partial charge is 0.289 e. The van der Waals surface area contributed by atoms with Gasteiger partial charge in [0.05, 0.1) is 16.5 Å². The van der Waals surface area contributed by atoms with Gasteiger partial charge in [0.1, 0.15) is 5.76 Å². The lowest BCUT2D eigenvalue weighted by molar-refractivity contribution is 0.0716. The van der Waals surface area contributed by atoms with Gasteiger partial charge in [-0.15, -0.1) is 0 Å². The van der Waals surface area contributed by atoms with Gasteiger partial charge in [0.25, 0.3) is 5.91 Å². The highest BCUT2D eigenvalue weighted by molar-refractivity contribution is 7.91. The number of benzene rings is 1. The summed E-state index contributed by atoms with van der Waals surface area (Å²) in [5.41, 5.74) is 0.592. The van der Waals surface area contributed by atoms with E-state index in [9.17, 15) is 13.2 Å². The molecule has 128 valence electrons. The maximum Gasteiger partial charge on any atom is 0.289 e. The van der Waals surface area contributed by atoms with Gasteiger partial charge in [-0.1, -0.05) is 23.2 Å². The first-order chi connectivity index (χ1) is 11.3. The molecule has 24 heavy (non-hydrogen) atoms. The zero-order chi connectivity index (χ0) is 17.5. The van der Waals surface area contributed by atoms with Crippen molar-refractivity contribution in [1.82, 2.24) is 4.90 Å². The van der Waals surface area contributed by atoms with Crippen LogP contribution in [0.2, 0.25) is 10.0 Å². The van der Waals surface area contributed by atoms with E-state index >= 15 is 0 Å². The van der Waals surface area contributed by atoms with Gasteiger partial charge in [0, 0.05) is 23.7 Å². The molecular weight excluding hydrogens is 373 g/mol. The second-order valence-electron chi connectivity index (χ2n) is 5.76. The molecule has 0 radical (unpaired) electrons. The van der Waals surface area contributed by atoms with Crippen molar-refractivity contribution in [2.75, 3.05) is 18.6 Å². The van der Waals surface area contributed by atoms with Gasteiger partial charge < -0.3 is 9.32 Å². The average molecular weight is 388 g/mol. The Morgan fingerprint density at radius 3 is 2.67 bits per heavy atom. The highest BCUT2D eigenvalue weighted by Gasteiger charge is 2.33. The molecule has 5 nitrogen and oxygen atoms in total. The van der Waals surface area contributed by atoms with E-state index in [0.29, 0.717) is 27.8 Å². The molecule has 0 N–H and O–H groups in total. The minimum atomic E-state index is -3.06. The Labute approximate surface area is 150 Å². The number of sulfone groups is 1. The van der Waals surface area contributed by atoms with Gasteiger partial charge in [-0.25, -0.2) is 8.42 Å². The molecule has 1 amide bonds. The van der Waals surface area contributed by atoms with E-state index in [0.717, 1.165) is 0 Å². The lowest BCUT2D eigenvalue weighted by Crippen LogP contribution is -2.37. The van der Waals surface area contributed by atoms with Crippen LogP contribution in [0.3, 0.4) is 0 Å². The summed E-state index contributed by atoms with van der Waals surface area (Å²) in [5.74, 6) is 0.298. The lowest BCUT2D eigenvalue weighted by Gasteiger charge is -2.22. The maximum absolute atomic E-state index is 12.5. The zero-order valence-corrected chi connectivity index (χ0v) is 15.2. The number of amides is 1. The normalized spacial score (nSPS) is 19.4. The summed E-state index contributed by atoms with van der Waals surface area (Å²) >= 11 is 12.1. The topological polar surface area (TPSA) is 67.6 Å². The van der Waals surface area contributed by atoms with Gasteiger partial charge in [0.15, 0.2) is 15.6 Å². The molecule has 0 aliphatic carbocycles. The number of halogens is 2. The Bertz CT molecular complexity index is 891. The Morgan fingerprint density at radius 2 is 2.00 bits per heavy atom. The monoisotopic (exact) mass is 387 g/mol. The van der Waals surface area contributed by atoms with Crippen LogP contribution in [0.25, 0.3) is 11.3 Å². The lowest BCUT2D eigenvalue weighted by atomic mass is 10.2. The highest BCUT2D eigenvalue weighted by atomic mass is 35.5. The van der Waals surface area contributed by atoms with Crippen molar-refractivity contribution < 1.29 is 17.6 Å². The quantitative estimate of drug-likeness (QED) is 0.807. The third-order valence-corrected chi connectivity index (χ3v) is 6.40. The van der Waals surface area contributed by atoms with Crippen molar-refractivity contribution in [3.8, 4) is 11.3 Å². The molecule has 1 fully saturated rings. The Kier molecular flexibility index (Phi) is 4.64. The number of furan rings is 1. The predicted molar refractivity (Wildman–Crippen MR) is 93.3 cm³/mol. The van der Waals surface area contributed by atoms with Crippen LogP contribution in [0.15, 0.2) is 34.7 Å². The molecule has 0 spiro atoms. The van der Waals surface area contributed by atoms with E-state index in [2.05, 4.69) is 0 Å². The van der Waals surface area contributed by atoms with Crippen LogP contribution in [0.1, 0.15) is 17.0 Å². The second-order valence-corrected chi connectivity index (χ2v) is 8.83. The van der Waals surface area contributed by atoms with Crippen molar-refractivity contribution in [2.24, 2.45) is 0 Å². The third-order valence-electron chi connectivity index (χ3n) is 4.09. The summed E-state index contributed by atoms with van der Waals surface area (Å²) in [7, 11) is -1.48. The molecule has 1 atom stereocenters. The standard InChI is InChI=1S/C16H15Cl2NO4S/c1-19(11-6-7-24(21,22)9-11)16(20)15-5-4-14(23-15)12-8-10(17)2-3-13(12)18/h2-5,8,11H,6-7,9H2,1H3/t11-/m1/s1. The first kappa shape index (κ1) is 17.3. The van der Waals surface area contributed by atoms with Crippen LogP contribution in [-0.4, -0.2) is 43.8 Å². The van der Waals surface area contributed by atoms with Crippen LogP contribution >= 0.6 is 23.2 Å². The molecule has 1 saturated heterocycles. The van der Waals surface area contributed by atoms with Crippen molar-refractivity contribution >= 4 is 38.9 Å². The van der Waals surface area contributed by atoms with Crippen molar-refractivity contribution in [3.63, 3.8) is 0 Å². The van der Waals surface area contributed by atoms with E-state index in [-0.39, 0.29) is 29.2 Å². The molecule has 1 aromatic heterocycles. The first-order valence-corrected chi connectivity index (χ1v) is 9.87. The van der Waals surface area contributed by atoms with E-state index in [1.165, 1.54) is 4.90 Å². The summed E-state index contributed by atoms with van der Waals surface area (Å²) in [6.45, 7) is 0. The van der Waals surface area contributed by atoms with E-state index in [1.54, 1.807) is 37.4 Å². The molecule has 3 rings (SSSR count). The minimum Gasteiger partial charge on any atom is -0.451 e. The van der Waals surface area contributed by atoms with Crippen LogP contribution in [0.4, 0.5) is 0 Å². The fraction of sp³-hybridized carbons (Fsp3) is 0.312. The van der Waals surface area contributed by atoms with Crippen LogP contribution in [-0.2, 0) is 9.84 Å². The fourth-order valence-electron chi connectivity index (χ4n) is 2.70. The second kappa shape index (κ2) is 6.43. The first-order valence-electron chi connectivity index (χ1n) is 7.30. The maximum atomic E-state index is 12.5. The Hall–Kier alpha value is -1.50. The van der Waals surface area contributed by atoms with Gasteiger partial charge in [-0.05, 0) is 36.8 Å². The van der Waals surface area contributed by atoms with Crippen molar-refractivity contribution in [3.05, 3.63) is 46.1 Å². The number of hydrogen-bond donors (Lipinski definition) is 0. The largest absolute Gasteiger partial charge is 0.451 e. The van der Waals surface area contributed by atoms with E-state index in [1.807, 2.05) is 0 Å². The van der Waals surface area contributed by atoms with Gasteiger partial charge in [-0.3, -0.25) is 4.79 Å². The van der Waals surface area contributed by atoms with Crippen LogP contribution in [0.5, 0.6) is 0 Å². The molecule has 1 aliphatic rings. The van der Waals surface area contributed by atoms with Gasteiger partial charge in [-0.2, -0.15) is 0 Å². The van der Waals surface area contributed by atoms with Gasteiger partial charge >= 0.3 is 0 Å². The number of hydrogen-bond acceptors (Lipinski definition) is 4. The van der Waals surface area contributed by atoms with Gasteiger partial charge in [0.2, 0.25) is 0 Å². The van der Waals surface area contributed by atoms with Crippen molar-refractivity contribution in [1.29, 1.82) is 0 Å². The van der Waals surface area contributed by atoms with Crippen molar-refractivity contribution in [2.45, 2.75) is 12.5 Å². The summed E-state index contributed by atoms with van der Waals surface area (Å²) < 4.78 is 28.8. The molecule has 0 unspecified atom stereocenters. The summed E-state index contributed by atoms with van der Waals surface area (Å²) in [4.78, 5) is 13.9. The zero-order valence-electron chi connectivity index (χ0n) is 12.8. The minimum absolute atomic E-state index is 0.0110. The average Bonchev–Trinajstić information content (AvgIpc) is 3.15. The number of carbonyl (C=O) groups is 1. The molecule has 1 aliphatic heterocycles. The number of carbonyl (C=O) groups excluding carboxylic acids is 1. The Morgan fingerprint density at radius 1 is 1.25 bits per heavy atom. The Balaban J connectivity index is 1.82. The van der Waals surface area contributed by atoms with Crippen LogP contribution < -0.4 is 0 Å².